The summed E-state index contributed by atoms with van der Waals surface area (Å²) in [6.07, 6.45) is 6.50. The lowest BCUT2D eigenvalue weighted by Gasteiger charge is -2.27. The first-order valence-electron chi connectivity index (χ1n) is 7.50. The fourth-order valence-corrected chi connectivity index (χ4v) is 1.90. The topological polar surface area (TPSA) is 79.2 Å². The van der Waals surface area contributed by atoms with Crippen LogP contribution in [0.15, 0.2) is 24.0 Å². The lowest BCUT2D eigenvalue weighted by molar-refractivity contribution is 0.0593. The van der Waals surface area contributed by atoms with Crippen LogP contribution >= 0.6 is 11.6 Å². The van der Waals surface area contributed by atoms with E-state index in [2.05, 4.69) is 16.9 Å². The molecule has 0 aliphatic heterocycles. The number of amides is 1. The van der Waals surface area contributed by atoms with Crippen molar-refractivity contribution in [3.05, 3.63) is 29.3 Å². The van der Waals surface area contributed by atoms with E-state index in [1.54, 1.807) is 26.8 Å². The predicted octanol–water partition coefficient (Wildman–Crippen LogP) is 4.60. The number of rotatable bonds is 6. The van der Waals surface area contributed by atoms with Crippen LogP contribution in [0, 0.1) is 5.41 Å². The number of carbonyl (C=O) groups excluding carboxylic acids is 1. The van der Waals surface area contributed by atoms with Gasteiger partial charge in [-0.3, -0.25) is 0 Å². The van der Waals surface area contributed by atoms with Gasteiger partial charge < -0.3 is 10.1 Å². The van der Waals surface area contributed by atoms with E-state index in [4.69, 9.17) is 21.7 Å². The Morgan fingerprint density at radius 3 is 2.70 bits per heavy atom. The molecule has 1 heterocycles. The Labute approximate surface area is 142 Å². The summed E-state index contributed by atoms with van der Waals surface area (Å²) in [6.45, 7) is 7.41. The number of anilines is 1. The second-order valence-electron chi connectivity index (χ2n) is 5.92. The first-order valence-corrected chi connectivity index (χ1v) is 7.88. The summed E-state index contributed by atoms with van der Waals surface area (Å²) >= 11 is 5.82. The average molecular weight is 339 g/mol. The van der Waals surface area contributed by atoms with E-state index in [1.807, 2.05) is 6.08 Å². The number of ether oxygens (including phenoxy) is 1. The standard InChI is InChI=1S/C16H23ClN4O2/c1-5-6-7-8-12(11-18)21(15(22)23-16(2,3)4)13-9-10-19-14(17)20-13/h8-11,18H,5-7H2,1-4H3. The van der Waals surface area contributed by atoms with Crippen LogP contribution in [-0.2, 0) is 4.74 Å². The molecule has 0 saturated carbocycles. The molecule has 1 amide bonds. The maximum Gasteiger partial charge on any atom is 0.420 e. The summed E-state index contributed by atoms with van der Waals surface area (Å²) < 4.78 is 5.42. The fourth-order valence-electron chi connectivity index (χ4n) is 1.76. The molecule has 126 valence electrons. The first-order chi connectivity index (χ1) is 10.8. The van der Waals surface area contributed by atoms with Gasteiger partial charge in [0.15, 0.2) is 0 Å². The minimum absolute atomic E-state index is 0.0222. The first kappa shape index (κ1) is 19.1. The van der Waals surface area contributed by atoms with E-state index < -0.39 is 11.7 Å². The lowest BCUT2D eigenvalue weighted by atomic mass is 10.2. The lowest BCUT2D eigenvalue weighted by Crippen LogP contribution is -2.37. The molecule has 1 aromatic rings. The molecule has 1 N–H and O–H groups in total. The third-order valence-corrected chi connectivity index (χ3v) is 2.92. The van der Waals surface area contributed by atoms with Gasteiger partial charge in [-0.05, 0) is 45.2 Å². The summed E-state index contributed by atoms with van der Waals surface area (Å²) in [7, 11) is 0. The Balaban J connectivity index is 3.21. The van der Waals surface area contributed by atoms with Crippen molar-refractivity contribution in [2.24, 2.45) is 0 Å². The molecule has 1 aromatic heterocycles. The van der Waals surface area contributed by atoms with Gasteiger partial charge in [-0.25, -0.2) is 14.7 Å². The van der Waals surface area contributed by atoms with E-state index in [-0.39, 0.29) is 11.1 Å². The molecule has 0 atom stereocenters. The maximum atomic E-state index is 12.6. The van der Waals surface area contributed by atoms with Crippen LogP contribution in [0.3, 0.4) is 0 Å². The monoisotopic (exact) mass is 338 g/mol. The predicted molar refractivity (Wildman–Crippen MR) is 92.1 cm³/mol. The van der Waals surface area contributed by atoms with Gasteiger partial charge in [-0.15, -0.1) is 0 Å². The molecule has 0 aliphatic carbocycles. The molecule has 6 nitrogen and oxygen atoms in total. The molecule has 0 aliphatic rings. The van der Waals surface area contributed by atoms with Crippen LogP contribution in [-0.4, -0.2) is 27.9 Å². The largest absolute Gasteiger partial charge is 0.443 e. The van der Waals surface area contributed by atoms with Crippen LogP contribution in [0.1, 0.15) is 47.0 Å². The van der Waals surface area contributed by atoms with Gasteiger partial charge in [0, 0.05) is 18.5 Å². The minimum Gasteiger partial charge on any atom is -0.443 e. The van der Waals surface area contributed by atoms with Crippen molar-refractivity contribution >= 4 is 29.7 Å². The smallest absolute Gasteiger partial charge is 0.420 e. The van der Waals surface area contributed by atoms with Crippen molar-refractivity contribution in [2.45, 2.75) is 52.6 Å². The molecule has 0 spiro atoms. The number of unbranched alkanes of at least 4 members (excludes halogenated alkanes) is 2. The highest BCUT2D eigenvalue weighted by Crippen LogP contribution is 2.21. The van der Waals surface area contributed by atoms with Crippen LogP contribution in [0.5, 0.6) is 0 Å². The second kappa shape index (κ2) is 8.62. The third kappa shape index (κ3) is 6.36. The van der Waals surface area contributed by atoms with E-state index >= 15 is 0 Å². The number of nitrogens with one attached hydrogen (secondary N) is 1. The highest BCUT2D eigenvalue weighted by molar-refractivity contribution is 6.28. The van der Waals surface area contributed by atoms with Crippen LogP contribution in [0.4, 0.5) is 10.6 Å². The molecule has 0 aromatic carbocycles. The number of allylic oxidation sites excluding steroid dienone is 2. The molecule has 0 unspecified atom stereocenters. The van der Waals surface area contributed by atoms with Crippen LogP contribution < -0.4 is 4.90 Å². The highest BCUT2D eigenvalue weighted by atomic mass is 35.5. The van der Waals surface area contributed by atoms with Crippen LogP contribution in [0.2, 0.25) is 5.28 Å². The second-order valence-corrected chi connectivity index (χ2v) is 6.25. The Hall–Kier alpha value is -1.95. The number of aromatic nitrogens is 2. The van der Waals surface area contributed by atoms with Gasteiger partial charge in [0.05, 0.1) is 5.70 Å². The molecule has 23 heavy (non-hydrogen) atoms. The zero-order valence-electron chi connectivity index (χ0n) is 14.0. The van der Waals surface area contributed by atoms with Gasteiger partial charge in [0.25, 0.3) is 0 Å². The van der Waals surface area contributed by atoms with E-state index in [9.17, 15) is 4.79 Å². The maximum absolute atomic E-state index is 12.6. The SMILES string of the molecule is CCCCC=C(C=N)N(C(=O)OC(C)(C)C)c1ccnc(Cl)n1. The van der Waals surface area contributed by atoms with E-state index in [1.165, 1.54) is 11.1 Å². The summed E-state index contributed by atoms with van der Waals surface area (Å²) in [5.41, 5.74) is -0.273. The average Bonchev–Trinajstić information content (AvgIpc) is 2.44. The summed E-state index contributed by atoms with van der Waals surface area (Å²) in [6, 6.07) is 1.55. The van der Waals surface area contributed by atoms with Gasteiger partial charge in [0.1, 0.15) is 11.4 Å². The van der Waals surface area contributed by atoms with Gasteiger partial charge in [-0.1, -0.05) is 19.4 Å². The Bertz CT molecular complexity index is 582. The highest BCUT2D eigenvalue weighted by Gasteiger charge is 2.26. The van der Waals surface area contributed by atoms with Crippen molar-refractivity contribution in [2.75, 3.05) is 4.90 Å². The van der Waals surface area contributed by atoms with E-state index in [0.717, 1.165) is 25.5 Å². The summed E-state index contributed by atoms with van der Waals surface area (Å²) in [5.74, 6) is 0.269. The molecule has 1 rings (SSSR count). The normalized spacial score (nSPS) is 12.0. The quantitative estimate of drug-likeness (QED) is 0.467. The van der Waals surface area contributed by atoms with Crippen molar-refractivity contribution < 1.29 is 9.53 Å². The zero-order valence-corrected chi connectivity index (χ0v) is 14.7. The van der Waals surface area contributed by atoms with Crippen molar-refractivity contribution in [1.82, 2.24) is 9.97 Å². The number of hydrogen-bond acceptors (Lipinski definition) is 5. The van der Waals surface area contributed by atoms with Crippen molar-refractivity contribution in [3.63, 3.8) is 0 Å². The molecule has 0 fully saturated rings. The fraction of sp³-hybridized carbons (Fsp3) is 0.500. The van der Waals surface area contributed by atoms with Crippen molar-refractivity contribution in [3.8, 4) is 0 Å². The van der Waals surface area contributed by atoms with Crippen molar-refractivity contribution in [1.29, 1.82) is 5.41 Å². The van der Waals surface area contributed by atoms with Crippen LogP contribution in [0.25, 0.3) is 0 Å². The van der Waals surface area contributed by atoms with Gasteiger partial charge in [-0.2, -0.15) is 4.98 Å². The zero-order chi connectivity index (χ0) is 17.5. The number of carbonyl (C=O) groups is 1. The summed E-state index contributed by atoms with van der Waals surface area (Å²) in [5, 5.41) is 7.66. The molecule has 7 heteroatoms. The third-order valence-electron chi connectivity index (χ3n) is 2.73. The molecule has 0 saturated heterocycles. The van der Waals surface area contributed by atoms with Gasteiger partial charge >= 0.3 is 6.09 Å². The summed E-state index contributed by atoms with van der Waals surface area (Å²) in [4.78, 5) is 21.7. The van der Waals surface area contributed by atoms with E-state index in [0.29, 0.717) is 5.70 Å². The molecular weight excluding hydrogens is 316 g/mol. The number of halogens is 1. The molecular formula is C16H23ClN4O2. The Morgan fingerprint density at radius 2 is 2.17 bits per heavy atom. The number of nitrogens with zero attached hydrogens (tertiary/aromatic N) is 3. The minimum atomic E-state index is -0.664. The Kier molecular flexibility index (Phi) is 7.16. The van der Waals surface area contributed by atoms with Gasteiger partial charge in [0.2, 0.25) is 5.28 Å². The Morgan fingerprint density at radius 1 is 1.48 bits per heavy atom. The molecule has 0 radical (unpaired) electrons. The molecule has 0 bridgehead atoms. The number of hydrogen-bond donors (Lipinski definition) is 1.